The van der Waals surface area contributed by atoms with Gasteiger partial charge in [-0.15, -0.1) is 0 Å². The number of rotatable bonds is 3. The highest BCUT2D eigenvalue weighted by Crippen LogP contribution is 2.25. The number of para-hydroxylation sites is 1. The van der Waals surface area contributed by atoms with Gasteiger partial charge in [0, 0.05) is 11.4 Å². The lowest BCUT2D eigenvalue weighted by Crippen LogP contribution is -2.12. The second kappa shape index (κ2) is 4.88. The summed E-state index contributed by atoms with van der Waals surface area (Å²) in [5.74, 6) is 0.810. The van der Waals surface area contributed by atoms with Crippen LogP contribution in [0.4, 0.5) is 5.82 Å². The predicted octanol–water partition coefficient (Wildman–Crippen LogP) is 3.67. The van der Waals surface area contributed by atoms with Crippen LogP contribution in [0.3, 0.4) is 0 Å². The predicted molar refractivity (Wildman–Crippen MR) is 72.7 cm³/mol. The number of halogens is 1. The molecular weight excluding hydrogens is 234 g/mol. The van der Waals surface area contributed by atoms with Gasteiger partial charge in [0.2, 0.25) is 5.28 Å². The third kappa shape index (κ3) is 2.50. The fourth-order valence-corrected chi connectivity index (χ4v) is 2.02. The highest BCUT2D eigenvalue weighted by Gasteiger charge is 2.09. The molecule has 0 saturated carbocycles. The number of fused-ring (bicyclic) bond motifs is 1. The molecule has 0 bridgehead atoms. The lowest BCUT2D eigenvalue weighted by molar-refractivity contribution is 0.890. The first-order chi connectivity index (χ1) is 8.11. The van der Waals surface area contributed by atoms with E-state index in [1.54, 1.807) is 0 Å². The van der Waals surface area contributed by atoms with Crippen molar-refractivity contribution in [2.75, 3.05) is 5.32 Å². The average Bonchev–Trinajstić information content (AvgIpc) is 2.27. The minimum absolute atomic E-state index is 0.293. The SMILES string of the molecule is CCc1cccc2c(NC(C)C)nc(Cl)nc12. The maximum Gasteiger partial charge on any atom is 0.224 e. The Morgan fingerprint density at radius 3 is 2.71 bits per heavy atom. The Hall–Kier alpha value is -1.35. The molecule has 90 valence electrons. The van der Waals surface area contributed by atoms with Crippen LogP contribution < -0.4 is 5.32 Å². The van der Waals surface area contributed by atoms with Gasteiger partial charge in [0.15, 0.2) is 0 Å². The summed E-state index contributed by atoms with van der Waals surface area (Å²) in [4.78, 5) is 8.59. The Morgan fingerprint density at radius 2 is 2.06 bits per heavy atom. The lowest BCUT2D eigenvalue weighted by atomic mass is 10.1. The third-order valence-electron chi connectivity index (χ3n) is 2.59. The van der Waals surface area contributed by atoms with Gasteiger partial charge in [-0.1, -0.05) is 19.1 Å². The minimum atomic E-state index is 0.293. The Kier molecular flexibility index (Phi) is 3.48. The Labute approximate surface area is 106 Å². The van der Waals surface area contributed by atoms with Gasteiger partial charge in [0.05, 0.1) is 5.52 Å². The van der Waals surface area contributed by atoms with Gasteiger partial charge >= 0.3 is 0 Å². The molecule has 1 aromatic heterocycles. The molecule has 0 aliphatic carbocycles. The van der Waals surface area contributed by atoms with Crippen LogP contribution in [-0.2, 0) is 6.42 Å². The fourth-order valence-electron chi connectivity index (χ4n) is 1.85. The van der Waals surface area contributed by atoms with E-state index < -0.39 is 0 Å². The molecule has 2 rings (SSSR count). The van der Waals surface area contributed by atoms with Crippen LogP contribution in [0.15, 0.2) is 18.2 Å². The van der Waals surface area contributed by atoms with Gasteiger partial charge < -0.3 is 5.32 Å². The van der Waals surface area contributed by atoms with Crippen molar-refractivity contribution < 1.29 is 0 Å². The summed E-state index contributed by atoms with van der Waals surface area (Å²) in [6.45, 7) is 6.26. The molecule has 0 unspecified atom stereocenters. The maximum absolute atomic E-state index is 5.97. The standard InChI is InChI=1S/C13H16ClN3/c1-4-9-6-5-7-10-11(9)16-13(14)17-12(10)15-8(2)3/h5-8H,4H2,1-3H3,(H,15,16,17). The first kappa shape index (κ1) is 12.1. The third-order valence-corrected chi connectivity index (χ3v) is 2.76. The summed E-state index contributed by atoms with van der Waals surface area (Å²) in [5.41, 5.74) is 2.14. The van der Waals surface area contributed by atoms with E-state index >= 15 is 0 Å². The molecular formula is C13H16ClN3. The number of nitrogens with one attached hydrogen (secondary N) is 1. The zero-order valence-corrected chi connectivity index (χ0v) is 11.0. The highest BCUT2D eigenvalue weighted by atomic mass is 35.5. The van der Waals surface area contributed by atoms with E-state index in [2.05, 4.69) is 42.1 Å². The normalized spacial score (nSPS) is 11.1. The Bertz CT molecular complexity index is 537. The molecule has 1 heterocycles. The van der Waals surface area contributed by atoms with Crippen LogP contribution in [0.1, 0.15) is 26.3 Å². The second-order valence-electron chi connectivity index (χ2n) is 4.31. The average molecular weight is 250 g/mol. The van der Waals surface area contributed by atoms with Crippen LogP contribution in [0, 0.1) is 0 Å². The molecule has 0 amide bonds. The topological polar surface area (TPSA) is 37.8 Å². The van der Waals surface area contributed by atoms with Crippen molar-refractivity contribution in [1.82, 2.24) is 9.97 Å². The number of anilines is 1. The summed E-state index contributed by atoms with van der Waals surface area (Å²) < 4.78 is 0. The van der Waals surface area contributed by atoms with E-state index in [9.17, 15) is 0 Å². The first-order valence-electron chi connectivity index (χ1n) is 5.83. The van der Waals surface area contributed by atoms with Crippen LogP contribution >= 0.6 is 11.6 Å². The number of aryl methyl sites for hydroxylation is 1. The van der Waals surface area contributed by atoms with Gasteiger partial charge in [0.1, 0.15) is 5.82 Å². The summed E-state index contributed by atoms with van der Waals surface area (Å²) >= 11 is 5.97. The second-order valence-corrected chi connectivity index (χ2v) is 4.65. The molecule has 4 heteroatoms. The molecule has 0 aliphatic rings. The Balaban J connectivity index is 2.67. The molecule has 0 atom stereocenters. The summed E-state index contributed by atoms with van der Waals surface area (Å²) in [7, 11) is 0. The first-order valence-corrected chi connectivity index (χ1v) is 6.21. The zero-order valence-electron chi connectivity index (χ0n) is 10.3. The van der Waals surface area contributed by atoms with E-state index in [0.29, 0.717) is 11.3 Å². The van der Waals surface area contributed by atoms with E-state index in [-0.39, 0.29) is 0 Å². The van der Waals surface area contributed by atoms with Crippen molar-refractivity contribution in [3.63, 3.8) is 0 Å². The van der Waals surface area contributed by atoms with Gasteiger partial charge in [-0.2, -0.15) is 0 Å². The van der Waals surface area contributed by atoms with Crippen molar-refractivity contribution in [1.29, 1.82) is 0 Å². The van der Waals surface area contributed by atoms with Crippen LogP contribution in [0.5, 0.6) is 0 Å². The molecule has 0 saturated heterocycles. The molecule has 17 heavy (non-hydrogen) atoms. The van der Waals surface area contributed by atoms with E-state index in [1.807, 2.05) is 12.1 Å². The van der Waals surface area contributed by atoms with Crippen molar-refractivity contribution in [3.05, 3.63) is 29.0 Å². The smallest absolute Gasteiger partial charge is 0.224 e. The number of hydrogen-bond acceptors (Lipinski definition) is 3. The number of aromatic nitrogens is 2. The van der Waals surface area contributed by atoms with Crippen LogP contribution in [0.2, 0.25) is 5.28 Å². The quantitative estimate of drug-likeness (QED) is 0.844. The van der Waals surface area contributed by atoms with Crippen LogP contribution in [-0.4, -0.2) is 16.0 Å². The molecule has 0 spiro atoms. The number of nitrogens with zero attached hydrogens (tertiary/aromatic N) is 2. The Morgan fingerprint density at radius 1 is 1.29 bits per heavy atom. The fraction of sp³-hybridized carbons (Fsp3) is 0.385. The van der Waals surface area contributed by atoms with E-state index in [1.165, 1.54) is 5.56 Å². The lowest BCUT2D eigenvalue weighted by Gasteiger charge is -2.13. The molecule has 1 aromatic carbocycles. The number of hydrogen-bond donors (Lipinski definition) is 1. The minimum Gasteiger partial charge on any atom is -0.367 e. The van der Waals surface area contributed by atoms with Gasteiger partial charge in [-0.05, 0) is 43.5 Å². The van der Waals surface area contributed by atoms with Crippen molar-refractivity contribution in [2.24, 2.45) is 0 Å². The van der Waals surface area contributed by atoms with E-state index in [0.717, 1.165) is 23.1 Å². The van der Waals surface area contributed by atoms with Gasteiger partial charge in [-0.25, -0.2) is 9.97 Å². The summed E-state index contributed by atoms with van der Waals surface area (Å²) in [6.07, 6.45) is 0.936. The summed E-state index contributed by atoms with van der Waals surface area (Å²) in [6, 6.07) is 6.44. The maximum atomic E-state index is 5.97. The van der Waals surface area contributed by atoms with Crippen molar-refractivity contribution in [2.45, 2.75) is 33.2 Å². The van der Waals surface area contributed by atoms with Crippen molar-refractivity contribution in [3.8, 4) is 0 Å². The monoisotopic (exact) mass is 249 g/mol. The molecule has 2 aromatic rings. The largest absolute Gasteiger partial charge is 0.367 e. The molecule has 1 N–H and O–H groups in total. The van der Waals surface area contributed by atoms with Crippen molar-refractivity contribution >= 4 is 28.3 Å². The molecule has 3 nitrogen and oxygen atoms in total. The van der Waals surface area contributed by atoms with Gasteiger partial charge in [0.25, 0.3) is 0 Å². The number of benzene rings is 1. The molecule has 0 fully saturated rings. The van der Waals surface area contributed by atoms with E-state index in [4.69, 9.17) is 11.6 Å². The zero-order chi connectivity index (χ0) is 12.4. The molecule has 0 aliphatic heterocycles. The highest BCUT2D eigenvalue weighted by molar-refractivity contribution is 6.28. The summed E-state index contributed by atoms with van der Waals surface area (Å²) in [5, 5.41) is 4.63. The molecule has 0 radical (unpaired) electrons. The van der Waals surface area contributed by atoms with Gasteiger partial charge in [-0.3, -0.25) is 0 Å². The van der Waals surface area contributed by atoms with Crippen LogP contribution in [0.25, 0.3) is 10.9 Å².